The zero-order valence-corrected chi connectivity index (χ0v) is 25.2. The Morgan fingerprint density at radius 1 is 0.528 bits per heavy atom. The van der Waals surface area contributed by atoms with Gasteiger partial charge in [-0.05, 0) is 99.5 Å². The van der Waals surface area contributed by atoms with E-state index in [1.807, 2.05) is 0 Å². The van der Waals surface area contributed by atoms with Gasteiger partial charge in [0.05, 0.1) is 0 Å². The maximum atomic E-state index is 2.57. The zero-order chi connectivity index (χ0) is 26.4. The van der Waals surface area contributed by atoms with E-state index in [1.54, 1.807) is 10.4 Å². The lowest BCUT2D eigenvalue weighted by molar-refractivity contribution is 0.851. The summed E-state index contributed by atoms with van der Waals surface area (Å²) in [5.41, 5.74) is 12.9. The molecule has 4 rings (SSSR count). The summed E-state index contributed by atoms with van der Waals surface area (Å²) in [6, 6.07) is 22.3. The van der Waals surface area contributed by atoms with E-state index < -0.39 is 8.07 Å². The Morgan fingerprint density at radius 3 is 1.25 bits per heavy atom. The number of hydrogen-bond acceptors (Lipinski definition) is 0. The van der Waals surface area contributed by atoms with Crippen LogP contribution >= 0.6 is 0 Å². The van der Waals surface area contributed by atoms with Gasteiger partial charge in [0.1, 0.15) is 0 Å². The van der Waals surface area contributed by atoms with Gasteiger partial charge in [-0.2, -0.15) is 0 Å². The second-order valence-electron chi connectivity index (χ2n) is 11.3. The molecule has 0 N–H and O–H groups in total. The first-order chi connectivity index (χ1) is 17.0. The molecule has 188 valence electrons. The van der Waals surface area contributed by atoms with Crippen molar-refractivity contribution in [3.05, 3.63) is 110 Å². The second kappa shape index (κ2) is 10.0. The molecule has 1 aliphatic carbocycles. The SMILES string of the molecule is CCc1cc(CC)cc([Si](C2=C(C)C(C)=C(C)C2C)(c2cc(C)cc(C)c2)c2cc(C)cc(C)c2)c1. The first kappa shape index (κ1) is 26.4. The van der Waals surface area contributed by atoms with Gasteiger partial charge in [-0.25, -0.2) is 0 Å². The van der Waals surface area contributed by atoms with Crippen LogP contribution in [0.25, 0.3) is 0 Å². The maximum absolute atomic E-state index is 2.58. The lowest BCUT2D eigenvalue weighted by Crippen LogP contribution is -2.70. The fourth-order valence-corrected chi connectivity index (χ4v) is 12.8. The Balaban J connectivity index is 2.29. The molecule has 1 atom stereocenters. The minimum atomic E-state index is -2.58. The Bertz CT molecular complexity index is 1270. The first-order valence-electron chi connectivity index (χ1n) is 13.7. The molecule has 0 fully saturated rings. The van der Waals surface area contributed by atoms with Crippen molar-refractivity contribution < 1.29 is 0 Å². The van der Waals surface area contributed by atoms with Crippen LogP contribution in [0.5, 0.6) is 0 Å². The predicted molar refractivity (Wildman–Crippen MR) is 162 cm³/mol. The molecule has 0 aromatic heterocycles. The van der Waals surface area contributed by atoms with Crippen LogP contribution in [0.3, 0.4) is 0 Å². The van der Waals surface area contributed by atoms with Gasteiger partial charge in [0.25, 0.3) is 0 Å². The van der Waals surface area contributed by atoms with E-state index in [9.17, 15) is 0 Å². The molecule has 1 unspecified atom stereocenters. The molecule has 0 radical (unpaired) electrons. The van der Waals surface area contributed by atoms with Crippen molar-refractivity contribution in [2.75, 3.05) is 0 Å². The van der Waals surface area contributed by atoms with Gasteiger partial charge in [0, 0.05) is 0 Å². The molecule has 1 heteroatoms. The van der Waals surface area contributed by atoms with Crippen molar-refractivity contribution in [2.45, 2.75) is 82.1 Å². The number of benzene rings is 3. The van der Waals surface area contributed by atoms with Gasteiger partial charge in [0.15, 0.2) is 8.07 Å². The molecular formula is C35H44Si. The van der Waals surface area contributed by atoms with Gasteiger partial charge in [-0.15, -0.1) is 0 Å². The van der Waals surface area contributed by atoms with Gasteiger partial charge < -0.3 is 0 Å². The van der Waals surface area contributed by atoms with Crippen LogP contribution in [-0.4, -0.2) is 8.07 Å². The molecule has 3 aromatic carbocycles. The molecule has 0 saturated carbocycles. The summed E-state index contributed by atoms with van der Waals surface area (Å²) in [7, 11) is -2.58. The van der Waals surface area contributed by atoms with E-state index in [0.717, 1.165) is 12.8 Å². The van der Waals surface area contributed by atoms with E-state index in [0.29, 0.717) is 5.92 Å². The Hall–Kier alpha value is -2.64. The average Bonchev–Trinajstić information content (AvgIpc) is 3.01. The fraction of sp³-hybridized carbons (Fsp3) is 0.371. The summed E-state index contributed by atoms with van der Waals surface area (Å²) >= 11 is 0. The average molecular weight is 493 g/mol. The van der Waals surface area contributed by atoms with Crippen LogP contribution in [0.1, 0.15) is 74.9 Å². The predicted octanol–water partition coefficient (Wildman–Crippen LogP) is 7.36. The number of hydrogen-bond donors (Lipinski definition) is 0. The Kier molecular flexibility index (Phi) is 7.35. The summed E-state index contributed by atoms with van der Waals surface area (Å²) < 4.78 is 0. The van der Waals surface area contributed by atoms with Crippen molar-refractivity contribution in [1.82, 2.24) is 0 Å². The molecule has 1 aliphatic rings. The van der Waals surface area contributed by atoms with Gasteiger partial charge >= 0.3 is 0 Å². The highest BCUT2D eigenvalue weighted by Crippen LogP contribution is 2.41. The minimum absolute atomic E-state index is 0.439. The molecule has 0 nitrogen and oxygen atoms in total. The van der Waals surface area contributed by atoms with Crippen molar-refractivity contribution in [3.63, 3.8) is 0 Å². The summed E-state index contributed by atoms with van der Waals surface area (Å²) in [5, 5.41) is 6.30. The number of aryl methyl sites for hydroxylation is 6. The first-order valence-corrected chi connectivity index (χ1v) is 15.7. The third-order valence-electron chi connectivity index (χ3n) is 8.66. The third-order valence-corrected chi connectivity index (χ3v) is 13.7. The number of allylic oxidation sites excluding steroid dienone is 4. The van der Waals surface area contributed by atoms with E-state index in [2.05, 4.69) is 124 Å². The van der Waals surface area contributed by atoms with Crippen LogP contribution in [-0.2, 0) is 12.8 Å². The summed E-state index contributed by atoms with van der Waals surface area (Å²) in [5.74, 6) is 0.439. The monoisotopic (exact) mass is 492 g/mol. The number of rotatable bonds is 6. The molecule has 36 heavy (non-hydrogen) atoms. The van der Waals surface area contributed by atoms with E-state index in [-0.39, 0.29) is 0 Å². The molecular weight excluding hydrogens is 448 g/mol. The molecule has 0 heterocycles. The molecule has 0 bridgehead atoms. The van der Waals surface area contributed by atoms with Crippen molar-refractivity contribution >= 4 is 23.6 Å². The largest absolute Gasteiger partial charge is 0.176 e. The molecule has 3 aromatic rings. The van der Waals surface area contributed by atoms with Gasteiger partial charge in [-0.1, -0.05) is 114 Å². The highest BCUT2D eigenvalue weighted by Gasteiger charge is 2.48. The van der Waals surface area contributed by atoms with Crippen LogP contribution < -0.4 is 15.6 Å². The minimum Gasteiger partial charge on any atom is -0.0636 e. The van der Waals surface area contributed by atoms with Crippen LogP contribution in [0.4, 0.5) is 0 Å². The van der Waals surface area contributed by atoms with Crippen molar-refractivity contribution in [1.29, 1.82) is 0 Å². The molecule has 0 spiro atoms. The van der Waals surface area contributed by atoms with Crippen molar-refractivity contribution in [3.8, 4) is 0 Å². The summed E-state index contributed by atoms with van der Waals surface area (Å²) in [4.78, 5) is 0. The standard InChI is InChI=1S/C35H44Si/c1-11-30-19-31(12-2)21-34(20-30)36(32-15-22(3)13-23(4)16-32,33-17-24(5)14-25(6)18-33)35-28(9)26(7)27(8)29(35)10/h13-21,28H,11-12H2,1-10H3. The van der Waals surface area contributed by atoms with Crippen molar-refractivity contribution in [2.24, 2.45) is 5.92 Å². The lowest BCUT2D eigenvalue weighted by atomic mass is 10.1. The fourth-order valence-electron chi connectivity index (χ4n) is 6.71. The molecule has 0 amide bonds. The van der Waals surface area contributed by atoms with Crippen LogP contribution in [0.15, 0.2) is 76.5 Å². The molecule has 0 aliphatic heterocycles. The summed E-state index contributed by atoms with van der Waals surface area (Å²) in [6.07, 6.45) is 2.13. The third kappa shape index (κ3) is 4.37. The Morgan fingerprint density at radius 2 is 0.917 bits per heavy atom. The maximum Gasteiger partial charge on any atom is 0.176 e. The smallest absolute Gasteiger partial charge is 0.0636 e. The van der Waals surface area contributed by atoms with Crippen LogP contribution in [0.2, 0.25) is 0 Å². The van der Waals surface area contributed by atoms with E-state index >= 15 is 0 Å². The zero-order valence-electron chi connectivity index (χ0n) is 24.2. The van der Waals surface area contributed by atoms with Gasteiger partial charge in [-0.3, -0.25) is 0 Å². The highest BCUT2D eigenvalue weighted by molar-refractivity contribution is 7.16. The van der Waals surface area contributed by atoms with E-state index in [1.165, 1.54) is 60.5 Å². The van der Waals surface area contributed by atoms with Gasteiger partial charge in [0.2, 0.25) is 0 Å². The van der Waals surface area contributed by atoms with E-state index in [4.69, 9.17) is 0 Å². The normalized spacial score (nSPS) is 16.3. The Labute approximate surface area is 221 Å². The van der Waals surface area contributed by atoms with Crippen LogP contribution in [0, 0.1) is 33.6 Å². The summed E-state index contributed by atoms with van der Waals surface area (Å²) in [6.45, 7) is 23.2. The molecule has 0 saturated heterocycles. The lowest BCUT2D eigenvalue weighted by Gasteiger charge is -2.40. The second-order valence-corrected chi connectivity index (χ2v) is 15.1. The topological polar surface area (TPSA) is 0 Å². The quantitative estimate of drug-likeness (QED) is 0.249. The highest BCUT2D eigenvalue weighted by atomic mass is 28.3.